The van der Waals surface area contributed by atoms with Crippen LogP contribution in [0.3, 0.4) is 0 Å². The van der Waals surface area contributed by atoms with Crippen LogP contribution >= 0.6 is 0 Å². The predicted molar refractivity (Wildman–Crippen MR) is 56.2 cm³/mol. The summed E-state index contributed by atoms with van der Waals surface area (Å²) < 4.78 is 21.7. The molecule has 0 aromatic heterocycles. The molecule has 0 radical (unpaired) electrons. The van der Waals surface area contributed by atoms with E-state index in [1.54, 1.807) is 0 Å². The molecule has 0 aromatic rings. The zero-order valence-electron chi connectivity index (χ0n) is 8.51. The predicted octanol–water partition coefficient (Wildman–Crippen LogP) is 2.51. The van der Waals surface area contributed by atoms with Gasteiger partial charge in [-0.05, 0) is 12.8 Å². The van der Waals surface area contributed by atoms with E-state index < -0.39 is 9.35 Å². The molecule has 0 bridgehead atoms. The fraction of sp³-hybridized carbons (Fsp3) is 1.00. The molecule has 0 spiro atoms. The van der Waals surface area contributed by atoms with Crippen molar-refractivity contribution in [1.82, 2.24) is 0 Å². The molecule has 2 nitrogen and oxygen atoms in total. The third kappa shape index (κ3) is 5.72. The second kappa shape index (κ2) is 4.38. The summed E-state index contributed by atoms with van der Waals surface area (Å²) in [5.41, 5.74) is 0. The molecule has 1 N–H and O–H groups in total. The lowest BCUT2D eigenvalue weighted by Gasteiger charge is -2.38. The molecule has 0 heterocycles. The Balaban J connectivity index is 4.00. The molecule has 0 saturated carbocycles. The number of hydrogen-bond acceptors (Lipinski definition) is 1. The molecular weight excluding hydrogens is 172 g/mol. The molecule has 0 aromatic carbocycles. The van der Waals surface area contributed by atoms with Gasteiger partial charge in [-0.3, -0.25) is 0 Å². The zero-order valence-corrected chi connectivity index (χ0v) is 9.32. The van der Waals surface area contributed by atoms with Crippen LogP contribution in [0.5, 0.6) is 0 Å². The summed E-state index contributed by atoms with van der Waals surface area (Å²) in [7, 11) is -3.22. The van der Waals surface area contributed by atoms with Crippen LogP contribution in [0, 0.1) is 0 Å². The minimum Gasteiger partial charge on any atom is -0.303 e. The summed E-state index contributed by atoms with van der Waals surface area (Å²) in [5, 5.41) is 0. The summed E-state index contributed by atoms with van der Waals surface area (Å²) in [5.74, 6) is 0.960. The van der Waals surface area contributed by atoms with Crippen LogP contribution in [-0.4, -0.2) is 26.5 Å². The average Bonchev–Trinajstić information content (AvgIpc) is 1.97. The largest absolute Gasteiger partial charge is 0.303 e. The molecule has 0 aliphatic rings. The highest BCUT2D eigenvalue weighted by Crippen LogP contribution is 2.20. The third-order valence-electron chi connectivity index (χ3n) is 2.04. The summed E-state index contributed by atoms with van der Waals surface area (Å²) >= 11 is 0. The third-order valence-corrected chi connectivity index (χ3v) is 4.71. The maximum absolute atomic E-state index is 11.9. The van der Waals surface area contributed by atoms with E-state index in [9.17, 15) is 8.76 Å². The molecule has 0 atom stereocenters. The second-order valence-corrected chi connectivity index (χ2v) is 8.03. The Hall–Kier alpha value is 0.110. The lowest BCUT2D eigenvalue weighted by atomic mass is 10.4. The molecule has 0 aliphatic carbocycles. The molecule has 3 heteroatoms. The lowest BCUT2D eigenvalue weighted by molar-refractivity contribution is 0.512. The van der Waals surface area contributed by atoms with Crippen molar-refractivity contribution in [2.24, 2.45) is 0 Å². The summed E-state index contributed by atoms with van der Waals surface area (Å²) in [6.07, 6.45) is 5.25. The highest BCUT2D eigenvalue weighted by Gasteiger charge is 2.19. The highest BCUT2D eigenvalue weighted by molar-refractivity contribution is 8.14. The maximum atomic E-state index is 11.9. The topological polar surface area (TPSA) is 37.3 Å². The van der Waals surface area contributed by atoms with E-state index in [1.807, 2.05) is 13.8 Å². The van der Waals surface area contributed by atoms with Crippen LogP contribution in [0.25, 0.3) is 0 Å². The first kappa shape index (κ1) is 12.1. The van der Waals surface area contributed by atoms with Crippen LogP contribution in [0.1, 0.15) is 39.5 Å². The molecule has 0 fully saturated rings. The molecule has 0 aliphatic heterocycles. The Morgan fingerprint density at radius 2 is 1.42 bits per heavy atom. The van der Waals surface area contributed by atoms with Gasteiger partial charge >= 0.3 is 0 Å². The molecule has 0 unspecified atom stereocenters. The van der Waals surface area contributed by atoms with E-state index in [0.29, 0.717) is 11.5 Å². The van der Waals surface area contributed by atoms with Crippen LogP contribution in [0.2, 0.25) is 0 Å². The second-order valence-electron chi connectivity index (χ2n) is 3.81. The SMILES string of the molecule is CCCCS(C)(=O)(O)CCCC. The van der Waals surface area contributed by atoms with Crippen molar-refractivity contribution in [2.45, 2.75) is 39.5 Å². The van der Waals surface area contributed by atoms with Crippen LogP contribution in [0.4, 0.5) is 0 Å². The van der Waals surface area contributed by atoms with E-state index in [1.165, 1.54) is 6.26 Å². The van der Waals surface area contributed by atoms with Crippen molar-refractivity contribution < 1.29 is 8.76 Å². The van der Waals surface area contributed by atoms with Crippen molar-refractivity contribution in [3.8, 4) is 0 Å². The number of unbranched alkanes of at least 4 members (excludes halogenated alkanes) is 2. The highest BCUT2D eigenvalue weighted by atomic mass is 32.3. The Labute approximate surface area is 76.0 Å². The first-order valence-corrected chi connectivity index (χ1v) is 7.42. The fourth-order valence-electron chi connectivity index (χ4n) is 1.13. The molecule has 0 amide bonds. The van der Waals surface area contributed by atoms with Gasteiger partial charge in [-0.25, -0.2) is 4.21 Å². The van der Waals surface area contributed by atoms with Crippen molar-refractivity contribution >= 4 is 9.35 Å². The van der Waals surface area contributed by atoms with Crippen molar-refractivity contribution in [3.05, 3.63) is 0 Å². The quantitative estimate of drug-likeness (QED) is 0.705. The lowest BCUT2D eigenvalue weighted by Crippen LogP contribution is -2.37. The van der Waals surface area contributed by atoms with Gasteiger partial charge in [0.15, 0.2) is 0 Å². The van der Waals surface area contributed by atoms with Crippen LogP contribution in [-0.2, 0) is 9.35 Å². The minimum absolute atomic E-state index is 0.480. The summed E-state index contributed by atoms with van der Waals surface area (Å²) in [6, 6.07) is 0. The Morgan fingerprint density at radius 3 is 1.67 bits per heavy atom. The molecule has 0 saturated heterocycles. The van der Waals surface area contributed by atoms with Crippen LogP contribution in [0.15, 0.2) is 0 Å². The van der Waals surface area contributed by atoms with Gasteiger partial charge in [-0.15, -0.1) is 0 Å². The average molecular weight is 194 g/mol. The van der Waals surface area contributed by atoms with Gasteiger partial charge in [0.05, 0.1) is 0 Å². The van der Waals surface area contributed by atoms with Crippen molar-refractivity contribution in [1.29, 1.82) is 0 Å². The number of rotatable bonds is 6. The van der Waals surface area contributed by atoms with E-state index in [2.05, 4.69) is 0 Å². The first-order chi connectivity index (χ1) is 5.39. The molecule has 76 valence electrons. The van der Waals surface area contributed by atoms with Gasteiger partial charge < -0.3 is 4.55 Å². The van der Waals surface area contributed by atoms with E-state index in [-0.39, 0.29) is 0 Å². The van der Waals surface area contributed by atoms with Crippen molar-refractivity contribution in [3.63, 3.8) is 0 Å². The number of hydrogen-bond donors (Lipinski definition) is 1. The molecule has 0 rings (SSSR count). The van der Waals surface area contributed by atoms with Gasteiger partial charge in [0, 0.05) is 17.8 Å². The van der Waals surface area contributed by atoms with Gasteiger partial charge in [0.1, 0.15) is 0 Å². The van der Waals surface area contributed by atoms with Crippen molar-refractivity contribution in [2.75, 3.05) is 17.8 Å². The standard InChI is InChI=1S/C9H22O2S/c1-4-6-8-12(3,10,11)9-7-5-2/h4-9H2,1-3H3,(H,10,11). The first-order valence-electron chi connectivity index (χ1n) is 4.75. The van der Waals surface area contributed by atoms with Gasteiger partial charge in [0.2, 0.25) is 0 Å². The zero-order chi connectivity index (χ0) is 9.69. The monoisotopic (exact) mass is 194 g/mol. The van der Waals surface area contributed by atoms with E-state index >= 15 is 0 Å². The van der Waals surface area contributed by atoms with Gasteiger partial charge in [0.25, 0.3) is 0 Å². The molecular formula is C9H22O2S. The smallest absolute Gasteiger partial charge is 0.0338 e. The fourth-order valence-corrected chi connectivity index (χ4v) is 3.39. The summed E-state index contributed by atoms with van der Waals surface area (Å²) in [6.45, 7) is 4.09. The van der Waals surface area contributed by atoms with Gasteiger partial charge in [-0.1, -0.05) is 26.7 Å². The minimum atomic E-state index is -3.22. The Kier molecular flexibility index (Phi) is 4.42. The Bertz CT molecular complexity index is 167. The van der Waals surface area contributed by atoms with Crippen LogP contribution < -0.4 is 0 Å². The van der Waals surface area contributed by atoms with Gasteiger partial charge in [-0.2, -0.15) is 9.35 Å². The summed E-state index contributed by atoms with van der Waals surface area (Å²) in [4.78, 5) is 0. The van der Waals surface area contributed by atoms with E-state index in [4.69, 9.17) is 0 Å². The molecule has 12 heavy (non-hydrogen) atoms. The normalized spacial score (nSPS) is 15.5. The maximum Gasteiger partial charge on any atom is 0.0338 e. The Morgan fingerprint density at radius 1 is 1.08 bits per heavy atom. The van der Waals surface area contributed by atoms with E-state index in [0.717, 1.165) is 25.7 Å².